The number of carbonyl (C=O) groups is 1. The molecule has 0 bridgehead atoms. The van der Waals surface area contributed by atoms with Gasteiger partial charge in [-0.1, -0.05) is 0 Å². The molecule has 13 heteroatoms. The van der Waals surface area contributed by atoms with Gasteiger partial charge in [-0.15, -0.1) is 0 Å². The highest BCUT2D eigenvalue weighted by atomic mass is 16.8. The number of phenols is 1. The minimum atomic E-state index is -1.44. The van der Waals surface area contributed by atoms with Gasteiger partial charge in [-0.3, -0.25) is 4.79 Å². The zero-order chi connectivity index (χ0) is 29.3. The predicted octanol–water partition coefficient (Wildman–Crippen LogP) is 1.34. The van der Waals surface area contributed by atoms with Crippen LogP contribution in [0.25, 0.3) is 0 Å². The Labute approximate surface area is 240 Å². The molecule has 0 spiro atoms. The van der Waals surface area contributed by atoms with Crippen molar-refractivity contribution in [3.05, 3.63) is 41.0 Å². The van der Waals surface area contributed by atoms with Crippen molar-refractivity contribution in [2.45, 2.75) is 55.9 Å². The van der Waals surface area contributed by atoms with E-state index in [4.69, 9.17) is 42.6 Å². The molecule has 0 saturated carbocycles. The molecule has 226 valence electrons. The molecule has 3 fully saturated rings. The molecular formula is C29H32O13. The first kappa shape index (κ1) is 27.5. The van der Waals surface area contributed by atoms with E-state index in [2.05, 4.69) is 0 Å². The molecule has 42 heavy (non-hydrogen) atoms. The Balaban J connectivity index is 1.32. The standard InChI is InChI=1S/C29H32O13/c1-11-36-9-20-27(40-11)24(31)25(32)29(41-20)42-26-14-7-17-16(38-10-39-17)6-13(14)21(22-15(26)8-37-28(22)33)12-4-18(34-2)23(30)19(5-12)35-3/h4-7,11,15,20-22,24-27,29-32H,8-10H2,1-3H3/t11-,15+,20+,21-,22+,24-,25+,26-,27-,29+/m1/s1. The first-order chi connectivity index (χ1) is 20.3. The van der Waals surface area contributed by atoms with Crippen molar-refractivity contribution < 1.29 is 62.7 Å². The summed E-state index contributed by atoms with van der Waals surface area (Å²) in [6.07, 6.45) is -6.80. The Morgan fingerprint density at radius 1 is 0.881 bits per heavy atom. The molecule has 7 rings (SSSR count). The highest BCUT2D eigenvalue weighted by Crippen LogP contribution is 2.57. The van der Waals surface area contributed by atoms with Crippen LogP contribution in [0.5, 0.6) is 28.7 Å². The van der Waals surface area contributed by atoms with E-state index in [-0.39, 0.29) is 37.3 Å². The monoisotopic (exact) mass is 588 g/mol. The number of carbonyl (C=O) groups excluding carboxylic acids is 1. The Morgan fingerprint density at radius 2 is 1.57 bits per heavy atom. The Kier molecular flexibility index (Phi) is 6.83. The number of ether oxygens (including phenoxy) is 9. The highest BCUT2D eigenvalue weighted by molar-refractivity contribution is 5.79. The van der Waals surface area contributed by atoms with Gasteiger partial charge in [0, 0.05) is 11.8 Å². The smallest absolute Gasteiger partial charge is 0.310 e. The minimum Gasteiger partial charge on any atom is -0.502 e. The fraction of sp³-hybridized carbons (Fsp3) is 0.552. The molecule has 10 atom stereocenters. The van der Waals surface area contributed by atoms with Crippen molar-refractivity contribution in [3.8, 4) is 28.7 Å². The van der Waals surface area contributed by atoms with Gasteiger partial charge in [0.15, 0.2) is 35.6 Å². The normalized spacial score (nSPS) is 36.5. The number of hydrogen-bond acceptors (Lipinski definition) is 13. The molecule has 0 aromatic heterocycles. The molecule has 4 aliphatic heterocycles. The summed E-state index contributed by atoms with van der Waals surface area (Å²) in [7, 11) is 2.86. The van der Waals surface area contributed by atoms with Crippen molar-refractivity contribution in [2.75, 3.05) is 34.2 Å². The largest absolute Gasteiger partial charge is 0.502 e. The predicted molar refractivity (Wildman–Crippen MR) is 138 cm³/mol. The fourth-order valence-electron chi connectivity index (χ4n) is 6.74. The Morgan fingerprint density at radius 3 is 2.26 bits per heavy atom. The second-order valence-corrected chi connectivity index (χ2v) is 11.0. The zero-order valence-electron chi connectivity index (χ0n) is 23.1. The van der Waals surface area contributed by atoms with Crippen LogP contribution in [0.4, 0.5) is 0 Å². The summed E-state index contributed by atoms with van der Waals surface area (Å²) in [4.78, 5) is 13.4. The summed E-state index contributed by atoms with van der Waals surface area (Å²) < 4.78 is 51.5. The molecule has 1 aliphatic carbocycles. The number of fused-ring (bicyclic) bond motifs is 4. The number of aliphatic hydroxyl groups is 2. The van der Waals surface area contributed by atoms with Crippen LogP contribution in [0.3, 0.4) is 0 Å². The molecule has 0 unspecified atom stereocenters. The lowest BCUT2D eigenvalue weighted by Crippen LogP contribution is -2.63. The lowest BCUT2D eigenvalue weighted by molar-refractivity contribution is -0.364. The van der Waals surface area contributed by atoms with E-state index in [1.165, 1.54) is 14.2 Å². The van der Waals surface area contributed by atoms with Gasteiger partial charge < -0.3 is 58.0 Å². The first-order valence-electron chi connectivity index (χ1n) is 13.8. The van der Waals surface area contributed by atoms with Crippen molar-refractivity contribution in [2.24, 2.45) is 11.8 Å². The van der Waals surface area contributed by atoms with Gasteiger partial charge in [-0.2, -0.15) is 0 Å². The van der Waals surface area contributed by atoms with Crippen LogP contribution >= 0.6 is 0 Å². The molecule has 4 heterocycles. The van der Waals surface area contributed by atoms with Crippen LogP contribution in [0.15, 0.2) is 24.3 Å². The average Bonchev–Trinajstić information content (AvgIpc) is 3.61. The van der Waals surface area contributed by atoms with Crippen molar-refractivity contribution in [1.82, 2.24) is 0 Å². The number of cyclic esters (lactones) is 1. The van der Waals surface area contributed by atoms with E-state index >= 15 is 0 Å². The summed E-state index contributed by atoms with van der Waals surface area (Å²) in [5.74, 6) is -1.02. The molecule has 5 aliphatic rings. The van der Waals surface area contributed by atoms with E-state index < -0.39 is 66.8 Å². The number of hydrogen-bond donors (Lipinski definition) is 3. The maximum absolute atomic E-state index is 13.4. The minimum absolute atomic E-state index is 0.0301. The SMILES string of the molecule is COc1cc([C@@H]2c3cc4c(cc3[C@@H](O[C@@H]3O[C@H]5CO[C@@H](C)O[C@H]5[C@H](O)[C@@H]3O)[C@H]3COC(=O)[C@H]23)OCO4)cc(OC)c1O. The van der Waals surface area contributed by atoms with Crippen molar-refractivity contribution in [3.63, 3.8) is 0 Å². The number of aromatic hydroxyl groups is 1. The maximum Gasteiger partial charge on any atom is 0.310 e. The fourth-order valence-corrected chi connectivity index (χ4v) is 6.74. The number of rotatable bonds is 5. The second kappa shape index (κ2) is 10.4. The quantitative estimate of drug-likeness (QED) is 0.430. The average molecular weight is 589 g/mol. The lowest BCUT2D eigenvalue weighted by Gasteiger charge is -2.47. The molecule has 0 amide bonds. The van der Waals surface area contributed by atoms with E-state index in [1.807, 2.05) is 0 Å². The third-order valence-corrected chi connectivity index (χ3v) is 8.75. The van der Waals surface area contributed by atoms with Gasteiger partial charge in [-0.05, 0) is 47.9 Å². The van der Waals surface area contributed by atoms with Gasteiger partial charge in [0.2, 0.25) is 12.5 Å². The molecule has 3 N–H and O–H groups in total. The number of benzene rings is 2. The molecule has 3 saturated heterocycles. The number of methoxy groups -OCH3 is 2. The lowest BCUT2D eigenvalue weighted by atomic mass is 9.66. The Bertz CT molecular complexity index is 1350. The topological polar surface area (TPSA) is 161 Å². The highest BCUT2D eigenvalue weighted by Gasteiger charge is 2.56. The summed E-state index contributed by atoms with van der Waals surface area (Å²) in [5.41, 5.74) is 2.01. The van der Waals surface area contributed by atoms with Crippen LogP contribution in [-0.2, 0) is 28.5 Å². The van der Waals surface area contributed by atoms with Crippen molar-refractivity contribution >= 4 is 5.97 Å². The van der Waals surface area contributed by atoms with Gasteiger partial charge in [0.25, 0.3) is 0 Å². The van der Waals surface area contributed by atoms with Gasteiger partial charge in [0.1, 0.15) is 24.4 Å². The summed E-state index contributed by atoms with van der Waals surface area (Å²) in [6.45, 7) is 1.93. The van der Waals surface area contributed by atoms with E-state index in [9.17, 15) is 20.1 Å². The van der Waals surface area contributed by atoms with Gasteiger partial charge in [-0.25, -0.2) is 0 Å². The number of aliphatic hydroxyl groups excluding tert-OH is 2. The van der Waals surface area contributed by atoms with Gasteiger partial charge in [0.05, 0.1) is 39.5 Å². The summed E-state index contributed by atoms with van der Waals surface area (Å²) >= 11 is 0. The summed E-state index contributed by atoms with van der Waals surface area (Å²) in [6, 6.07) is 6.93. The molecule has 13 nitrogen and oxygen atoms in total. The van der Waals surface area contributed by atoms with Crippen molar-refractivity contribution in [1.29, 1.82) is 0 Å². The third kappa shape index (κ3) is 4.26. The van der Waals surface area contributed by atoms with Crippen LogP contribution in [0, 0.1) is 11.8 Å². The van der Waals surface area contributed by atoms with Crippen LogP contribution in [0.2, 0.25) is 0 Å². The van der Waals surface area contributed by atoms with E-state index in [0.717, 1.165) is 0 Å². The van der Waals surface area contributed by atoms with E-state index in [0.29, 0.717) is 28.2 Å². The molecule has 2 aromatic carbocycles. The molecular weight excluding hydrogens is 556 g/mol. The number of phenolic OH excluding ortho intramolecular Hbond substituents is 1. The second-order valence-electron chi connectivity index (χ2n) is 11.0. The van der Waals surface area contributed by atoms with Gasteiger partial charge >= 0.3 is 5.97 Å². The molecule has 2 aromatic rings. The van der Waals surface area contributed by atoms with Crippen LogP contribution in [0.1, 0.15) is 35.6 Å². The molecule has 0 radical (unpaired) electrons. The summed E-state index contributed by atoms with van der Waals surface area (Å²) in [5, 5.41) is 32.5. The first-order valence-corrected chi connectivity index (χ1v) is 13.8. The van der Waals surface area contributed by atoms with Crippen LogP contribution in [-0.4, -0.2) is 92.5 Å². The third-order valence-electron chi connectivity index (χ3n) is 8.75. The number of esters is 1. The van der Waals surface area contributed by atoms with Crippen LogP contribution < -0.4 is 18.9 Å². The maximum atomic E-state index is 13.4. The zero-order valence-corrected chi connectivity index (χ0v) is 23.1. The Hall–Kier alpha value is -3.33. The van der Waals surface area contributed by atoms with E-state index in [1.54, 1.807) is 31.2 Å².